The molecule has 0 saturated carbocycles. The van der Waals surface area contributed by atoms with Crippen LogP contribution in [0.1, 0.15) is 133 Å². The Hall–Kier alpha value is -3.45. The molecule has 0 atom stereocenters. The normalized spacial score (nSPS) is 13.5. The number of carbonyl (C=O) groups excluding carboxylic acids is 1. The lowest BCUT2D eigenvalue weighted by Crippen LogP contribution is -2.16. The number of carbonyl (C=O) groups is 1. The Balaban J connectivity index is 2.07. The quantitative estimate of drug-likeness (QED) is 0.166. The van der Waals surface area contributed by atoms with Crippen molar-refractivity contribution < 1.29 is 4.79 Å². The third-order valence-corrected chi connectivity index (χ3v) is 7.68. The van der Waals surface area contributed by atoms with E-state index in [9.17, 15) is 4.79 Å². The number of hydrogen-bond donors (Lipinski definition) is 0. The smallest absolute Gasteiger partial charge is 0.142 e. The van der Waals surface area contributed by atoms with E-state index in [1.807, 2.05) is 6.08 Å². The Bertz CT molecular complexity index is 1330. The van der Waals surface area contributed by atoms with E-state index in [2.05, 4.69) is 162 Å². The Morgan fingerprint density at radius 3 is 0.833 bits per heavy atom. The zero-order valence-corrected chi connectivity index (χ0v) is 28.1. The number of hydrogen-bond acceptors (Lipinski definition) is 1. The highest BCUT2D eigenvalue weighted by atomic mass is 16.1. The first kappa shape index (κ1) is 33.1. The SMILES string of the molecule is CC(C)(C)c1cc(/C=C/c2cc(/C=C/C=O)cc(/C=C/c3cc(C(C)(C)C)cc(C(C)(C)C)c3)c2)cc(C(C)(C)C)c1. The Kier molecular flexibility index (Phi) is 9.78. The molecule has 0 fully saturated rings. The highest BCUT2D eigenvalue weighted by molar-refractivity contribution is 5.79. The van der Waals surface area contributed by atoms with Gasteiger partial charge in [0.25, 0.3) is 0 Å². The Morgan fingerprint density at radius 2 is 0.595 bits per heavy atom. The van der Waals surface area contributed by atoms with Crippen LogP contribution in [0.15, 0.2) is 60.7 Å². The van der Waals surface area contributed by atoms with Gasteiger partial charge in [0, 0.05) is 0 Å². The lowest BCUT2D eigenvalue weighted by Gasteiger charge is -2.25. The second kappa shape index (κ2) is 12.4. The van der Waals surface area contributed by atoms with Gasteiger partial charge in [0.1, 0.15) is 6.29 Å². The topological polar surface area (TPSA) is 17.1 Å². The Morgan fingerprint density at radius 1 is 0.357 bits per heavy atom. The molecule has 42 heavy (non-hydrogen) atoms. The molecule has 0 aliphatic rings. The number of allylic oxidation sites excluding steroid dienone is 1. The first-order valence-electron chi connectivity index (χ1n) is 15.2. The second-order valence-electron chi connectivity index (χ2n) is 15.8. The molecule has 3 aromatic carbocycles. The minimum Gasteiger partial charge on any atom is -0.299 e. The van der Waals surface area contributed by atoms with Gasteiger partial charge >= 0.3 is 0 Å². The van der Waals surface area contributed by atoms with Crippen LogP contribution < -0.4 is 0 Å². The summed E-state index contributed by atoms with van der Waals surface area (Å²) >= 11 is 0. The fourth-order valence-electron chi connectivity index (χ4n) is 4.75. The van der Waals surface area contributed by atoms with Gasteiger partial charge in [0.2, 0.25) is 0 Å². The van der Waals surface area contributed by atoms with Crippen LogP contribution in [0, 0.1) is 0 Å². The number of rotatable bonds is 6. The lowest BCUT2D eigenvalue weighted by atomic mass is 9.79. The van der Waals surface area contributed by atoms with Crippen molar-refractivity contribution in [3.05, 3.63) is 111 Å². The van der Waals surface area contributed by atoms with Crippen molar-refractivity contribution in [3.8, 4) is 0 Å². The van der Waals surface area contributed by atoms with Crippen LogP contribution in [0.25, 0.3) is 30.4 Å². The van der Waals surface area contributed by atoms with E-state index in [1.54, 1.807) is 6.08 Å². The minimum atomic E-state index is 0.0680. The second-order valence-corrected chi connectivity index (χ2v) is 15.8. The van der Waals surface area contributed by atoms with Crippen LogP contribution in [0.5, 0.6) is 0 Å². The van der Waals surface area contributed by atoms with Gasteiger partial charge in [-0.1, -0.05) is 150 Å². The van der Waals surface area contributed by atoms with Crippen LogP contribution >= 0.6 is 0 Å². The van der Waals surface area contributed by atoms with Gasteiger partial charge < -0.3 is 0 Å². The monoisotopic (exact) mass is 560 g/mol. The summed E-state index contributed by atoms with van der Waals surface area (Å²) in [6, 6.07) is 20.4. The average Bonchev–Trinajstić information content (AvgIpc) is 2.87. The van der Waals surface area contributed by atoms with Crippen molar-refractivity contribution in [1.82, 2.24) is 0 Å². The maximum atomic E-state index is 11.1. The molecule has 0 amide bonds. The first-order valence-corrected chi connectivity index (χ1v) is 15.2. The molecule has 0 aromatic heterocycles. The van der Waals surface area contributed by atoms with Gasteiger partial charge in [0.05, 0.1) is 0 Å². The maximum absolute atomic E-state index is 11.1. The molecule has 0 heterocycles. The van der Waals surface area contributed by atoms with Gasteiger partial charge in [-0.2, -0.15) is 0 Å². The van der Waals surface area contributed by atoms with E-state index in [4.69, 9.17) is 0 Å². The third kappa shape index (κ3) is 9.28. The fourth-order valence-corrected chi connectivity index (χ4v) is 4.75. The summed E-state index contributed by atoms with van der Waals surface area (Å²) in [5.41, 5.74) is 11.2. The molecule has 0 aliphatic carbocycles. The van der Waals surface area contributed by atoms with E-state index in [1.165, 1.54) is 33.4 Å². The van der Waals surface area contributed by atoms with E-state index in [0.717, 1.165) is 23.0 Å². The summed E-state index contributed by atoms with van der Waals surface area (Å²) in [4.78, 5) is 11.1. The van der Waals surface area contributed by atoms with Crippen LogP contribution in [0.4, 0.5) is 0 Å². The molecule has 1 heteroatoms. The molecule has 0 saturated heterocycles. The molecular formula is C41H52O. The molecule has 0 aliphatic heterocycles. The summed E-state index contributed by atoms with van der Waals surface area (Å²) in [5.74, 6) is 0. The van der Waals surface area contributed by atoms with Crippen LogP contribution in [0.3, 0.4) is 0 Å². The summed E-state index contributed by atoms with van der Waals surface area (Å²) in [6.07, 6.45) is 13.0. The maximum Gasteiger partial charge on any atom is 0.142 e. The zero-order valence-electron chi connectivity index (χ0n) is 28.1. The molecule has 1 nitrogen and oxygen atoms in total. The number of aldehydes is 1. The summed E-state index contributed by atoms with van der Waals surface area (Å²) in [7, 11) is 0. The average molecular weight is 561 g/mol. The predicted molar refractivity (Wildman–Crippen MR) is 187 cm³/mol. The van der Waals surface area contributed by atoms with Gasteiger partial charge in [-0.15, -0.1) is 0 Å². The molecular weight excluding hydrogens is 508 g/mol. The van der Waals surface area contributed by atoms with Crippen molar-refractivity contribution in [3.63, 3.8) is 0 Å². The van der Waals surface area contributed by atoms with Crippen molar-refractivity contribution in [2.45, 2.75) is 105 Å². The minimum absolute atomic E-state index is 0.0680. The summed E-state index contributed by atoms with van der Waals surface area (Å²) < 4.78 is 0. The van der Waals surface area contributed by atoms with Crippen molar-refractivity contribution >= 4 is 36.7 Å². The summed E-state index contributed by atoms with van der Waals surface area (Å²) in [5, 5.41) is 0. The first-order chi connectivity index (χ1) is 19.3. The van der Waals surface area contributed by atoms with E-state index in [0.29, 0.717) is 0 Å². The highest BCUT2D eigenvalue weighted by Crippen LogP contribution is 2.32. The van der Waals surface area contributed by atoms with E-state index < -0.39 is 0 Å². The van der Waals surface area contributed by atoms with Gasteiger partial charge in [-0.05, 0) is 96.0 Å². The Labute approximate surface area is 256 Å². The highest BCUT2D eigenvalue weighted by Gasteiger charge is 2.21. The van der Waals surface area contributed by atoms with Gasteiger partial charge in [-0.3, -0.25) is 4.79 Å². The molecule has 0 N–H and O–H groups in total. The van der Waals surface area contributed by atoms with Crippen LogP contribution in [-0.2, 0) is 26.5 Å². The molecule has 222 valence electrons. The lowest BCUT2D eigenvalue weighted by molar-refractivity contribution is -0.104. The molecule has 3 aromatic rings. The molecule has 3 rings (SSSR count). The molecule has 0 bridgehead atoms. The van der Waals surface area contributed by atoms with Gasteiger partial charge in [0.15, 0.2) is 0 Å². The van der Waals surface area contributed by atoms with E-state index in [-0.39, 0.29) is 21.7 Å². The number of benzene rings is 3. The third-order valence-electron chi connectivity index (χ3n) is 7.68. The molecule has 0 radical (unpaired) electrons. The van der Waals surface area contributed by atoms with Crippen molar-refractivity contribution in [1.29, 1.82) is 0 Å². The van der Waals surface area contributed by atoms with E-state index >= 15 is 0 Å². The van der Waals surface area contributed by atoms with Gasteiger partial charge in [-0.25, -0.2) is 0 Å². The van der Waals surface area contributed by atoms with Crippen molar-refractivity contribution in [2.24, 2.45) is 0 Å². The van der Waals surface area contributed by atoms with Crippen LogP contribution in [0.2, 0.25) is 0 Å². The predicted octanol–water partition coefficient (Wildman–Crippen LogP) is 11.4. The zero-order chi connectivity index (χ0) is 31.5. The molecule has 0 unspecified atom stereocenters. The standard InChI is InChI=1S/C41H52O/c1-38(2,3)34-23-32(24-35(27-34)39(4,5)6)17-15-30-20-29(14-13-19-42)21-31(22-30)16-18-33-25-36(40(7,8)9)28-37(26-33)41(10,11)12/h13-28H,1-12H3/b14-13+,17-15+,18-16+. The summed E-state index contributed by atoms with van der Waals surface area (Å²) in [6.45, 7) is 27.2. The van der Waals surface area contributed by atoms with Crippen molar-refractivity contribution in [2.75, 3.05) is 0 Å². The molecule has 0 spiro atoms. The van der Waals surface area contributed by atoms with Crippen LogP contribution in [-0.4, -0.2) is 6.29 Å². The fraction of sp³-hybridized carbons (Fsp3) is 0.390. The largest absolute Gasteiger partial charge is 0.299 e.